The highest BCUT2D eigenvalue weighted by Gasteiger charge is 2.13. The van der Waals surface area contributed by atoms with E-state index in [1.807, 2.05) is 0 Å². The minimum atomic E-state index is -0.104. The molecule has 1 aromatic rings. The van der Waals surface area contributed by atoms with Crippen molar-refractivity contribution in [2.45, 2.75) is 51.0 Å². The predicted octanol–water partition coefficient (Wildman–Crippen LogP) is 2.54. The Morgan fingerprint density at radius 2 is 2.18 bits per heavy atom. The Hall–Kier alpha value is -0.690. The Kier molecular flexibility index (Phi) is 9.63. The number of rotatable bonds is 8. The lowest BCUT2D eigenvalue weighted by atomic mass is 9.98. The lowest BCUT2D eigenvalue weighted by Gasteiger charge is -2.21. The van der Waals surface area contributed by atoms with Crippen LogP contribution in [0.4, 0.5) is 0 Å². The first-order valence-corrected chi connectivity index (χ1v) is 8.72. The van der Waals surface area contributed by atoms with E-state index in [4.69, 9.17) is 10.5 Å². The Bertz CT molecular complexity index is 436. The van der Waals surface area contributed by atoms with Crippen LogP contribution in [-0.4, -0.2) is 36.7 Å². The minimum Gasteiger partial charge on any atom is -0.378 e. The molecular weight excluding hydrogens is 322 g/mol. The highest BCUT2D eigenvalue weighted by molar-refractivity contribution is 7.09. The van der Waals surface area contributed by atoms with E-state index in [0.29, 0.717) is 24.9 Å². The van der Waals surface area contributed by atoms with Crippen molar-refractivity contribution < 1.29 is 9.53 Å². The molecule has 0 radical (unpaired) electrons. The van der Waals surface area contributed by atoms with Gasteiger partial charge in [0.25, 0.3) is 5.91 Å². The highest BCUT2D eigenvalue weighted by atomic mass is 35.5. The second-order valence-corrected chi connectivity index (χ2v) is 6.35. The Balaban J connectivity index is 0.00000242. The molecule has 1 heterocycles. The van der Waals surface area contributed by atoms with E-state index in [0.717, 1.165) is 24.5 Å². The average molecular weight is 348 g/mol. The van der Waals surface area contributed by atoms with Crippen molar-refractivity contribution >= 4 is 29.7 Å². The topological polar surface area (TPSA) is 77.2 Å². The van der Waals surface area contributed by atoms with Crippen LogP contribution in [0.5, 0.6) is 0 Å². The van der Waals surface area contributed by atoms with Gasteiger partial charge >= 0.3 is 0 Å². The van der Waals surface area contributed by atoms with Gasteiger partial charge in [0, 0.05) is 25.0 Å². The SMILES string of the molecule is Cl.NCCc1nc(C(=O)NCCCOC2CCCCC2)cs1. The van der Waals surface area contributed by atoms with Crippen LogP contribution in [0, 0.1) is 0 Å². The van der Waals surface area contributed by atoms with Gasteiger partial charge in [-0.2, -0.15) is 0 Å². The maximum Gasteiger partial charge on any atom is 0.270 e. The average Bonchev–Trinajstić information content (AvgIpc) is 2.97. The van der Waals surface area contributed by atoms with Crippen LogP contribution in [0.15, 0.2) is 5.38 Å². The molecule has 1 amide bonds. The third-order valence-corrected chi connectivity index (χ3v) is 4.56. The molecule has 0 spiro atoms. The van der Waals surface area contributed by atoms with E-state index in [9.17, 15) is 4.79 Å². The summed E-state index contributed by atoms with van der Waals surface area (Å²) in [6, 6.07) is 0. The van der Waals surface area contributed by atoms with Crippen LogP contribution in [0.3, 0.4) is 0 Å². The lowest BCUT2D eigenvalue weighted by Crippen LogP contribution is -2.26. The Labute approximate surface area is 142 Å². The molecule has 7 heteroatoms. The second kappa shape index (κ2) is 10.9. The van der Waals surface area contributed by atoms with Crippen molar-refractivity contribution in [3.05, 3.63) is 16.1 Å². The normalized spacial score (nSPS) is 15.3. The van der Waals surface area contributed by atoms with Crippen LogP contribution in [0.25, 0.3) is 0 Å². The van der Waals surface area contributed by atoms with Crippen molar-refractivity contribution in [2.24, 2.45) is 5.73 Å². The summed E-state index contributed by atoms with van der Waals surface area (Å²) >= 11 is 1.49. The summed E-state index contributed by atoms with van der Waals surface area (Å²) in [6.45, 7) is 1.92. The summed E-state index contributed by atoms with van der Waals surface area (Å²) in [5.41, 5.74) is 5.97. The fourth-order valence-electron chi connectivity index (χ4n) is 2.50. The zero-order chi connectivity index (χ0) is 14.9. The Morgan fingerprint density at radius 3 is 2.91 bits per heavy atom. The van der Waals surface area contributed by atoms with Crippen molar-refractivity contribution in [3.8, 4) is 0 Å². The number of hydrogen-bond donors (Lipinski definition) is 2. The molecule has 1 aromatic heterocycles. The number of hydrogen-bond acceptors (Lipinski definition) is 5. The highest BCUT2D eigenvalue weighted by Crippen LogP contribution is 2.20. The number of nitrogens with zero attached hydrogens (tertiary/aromatic N) is 1. The summed E-state index contributed by atoms with van der Waals surface area (Å²) in [4.78, 5) is 16.2. The summed E-state index contributed by atoms with van der Waals surface area (Å²) in [5, 5.41) is 5.60. The lowest BCUT2D eigenvalue weighted by molar-refractivity contribution is 0.0273. The predicted molar refractivity (Wildman–Crippen MR) is 91.9 cm³/mol. The zero-order valence-corrected chi connectivity index (χ0v) is 14.5. The van der Waals surface area contributed by atoms with E-state index in [-0.39, 0.29) is 18.3 Å². The van der Waals surface area contributed by atoms with Crippen LogP contribution in [0.1, 0.15) is 54.0 Å². The summed E-state index contributed by atoms with van der Waals surface area (Å²) in [7, 11) is 0. The van der Waals surface area contributed by atoms with Gasteiger partial charge in [-0.05, 0) is 25.8 Å². The first-order chi connectivity index (χ1) is 10.3. The van der Waals surface area contributed by atoms with Crippen LogP contribution in [-0.2, 0) is 11.2 Å². The van der Waals surface area contributed by atoms with Gasteiger partial charge in [-0.25, -0.2) is 4.98 Å². The van der Waals surface area contributed by atoms with Crippen molar-refractivity contribution in [1.29, 1.82) is 0 Å². The Morgan fingerprint density at radius 1 is 1.41 bits per heavy atom. The molecule has 0 saturated heterocycles. The fourth-order valence-corrected chi connectivity index (χ4v) is 3.29. The number of carbonyl (C=O) groups is 1. The number of ether oxygens (including phenoxy) is 1. The number of nitrogens with one attached hydrogen (secondary N) is 1. The van der Waals surface area contributed by atoms with Gasteiger partial charge in [0.1, 0.15) is 5.69 Å². The number of thiazole rings is 1. The minimum absolute atomic E-state index is 0. The number of aromatic nitrogens is 1. The van der Waals surface area contributed by atoms with Gasteiger partial charge < -0.3 is 15.8 Å². The number of nitrogens with two attached hydrogens (primary N) is 1. The molecule has 1 saturated carbocycles. The second-order valence-electron chi connectivity index (χ2n) is 5.41. The molecule has 0 bridgehead atoms. The van der Waals surface area contributed by atoms with Crippen LogP contribution in [0.2, 0.25) is 0 Å². The van der Waals surface area contributed by atoms with Gasteiger partial charge in [0.2, 0.25) is 0 Å². The summed E-state index contributed by atoms with van der Waals surface area (Å²) in [5.74, 6) is -0.104. The van der Waals surface area contributed by atoms with Crippen molar-refractivity contribution in [3.63, 3.8) is 0 Å². The summed E-state index contributed by atoms with van der Waals surface area (Å²) in [6.07, 6.45) is 8.31. The molecule has 0 aliphatic heterocycles. The van der Waals surface area contributed by atoms with Gasteiger partial charge in [-0.1, -0.05) is 19.3 Å². The van der Waals surface area contributed by atoms with E-state index in [1.165, 1.54) is 43.4 Å². The van der Waals surface area contributed by atoms with Gasteiger partial charge in [-0.3, -0.25) is 4.79 Å². The third kappa shape index (κ3) is 6.60. The molecule has 1 fully saturated rings. The fraction of sp³-hybridized carbons (Fsp3) is 0.733. The molecule has 0 aromatic carbocycles. The maximum atomic E-state index is 11.9. The molecule has 0 atom stereocenters. The van der Waals surface area contributed by atoms with E-state index < -0.39 is 0 Å². The van der Waals surface area contributed by atoms with Gasteiger partial charge in [-0.15, -0.1) is 23.7 Å². The van der Waals surface area contributed by atoms with E-state index in [1.54, 1.807) is 5.38 Å². The van der Waals surface area contributed by atoms with Crippen molar-refractivity contribution in [1.82, 2.24) is 10.3 Å². The standard InChI is InChI=1S/C15H25N3O2S.ClH/c16-8-7-14-18-13(11-21-14)15(19)17-9-4-10-20-12-5-2-1-3-6-12;/h11-12H,1-10,16H2,(H,17,19);1H. The monoisotopic (exact) mass is 347 g/mol. The molecular formula is C15H26ClN3O2S. The van der Waals surface area contributed by atoms with E-state index >= 15 is 0 Å². The first-order valence-electron chi connectivity index (χ1n) is 7.84. The summed E-state index contributed by atoms with van der Waals surface area (Å²) < 4.78 is 5.83. The maximum absolute atomic E-state index is 11.9. The molecule has 126 valence electrons. The molecule has 0 unspecified atom stereocenters. The smallest absolute Gasteiger partial charge is 0.270 e. The van der Waals surface area contributed by atoms with Crippen molar-refractivity contribution in [2.75, 3.05) is 19.7 Å². The molecule has 1 aliphatic carbocycles. The van der Waals surface area contributed by atoms with Gasteiger partial charge in [0.05, 0.1) is 11.1 Å². The van der Waals surface area contributed by atoms with E-state index in [2.05, 4.69) is 10.3 Å². The third-order valence-electron chi connectivity index (χ3n) is 3.66. The molecule has 22 heavy (non-hydrogen) atoms. The molecule has 2 rings (SSSR count). The number of halogens is 1. The number of carbonyl (C=O) groups excluding carboxylic acids is 1. The van der Waals surface area contributed by atoms with Gasteiger partial charge in [0.15, 0.2) is 0 Å². The molecule has 1 aliphatic rings. The zero-order valence-electron chi connectivity index (χ0n) is 12.9. The largest absolute Gasteiger partial charge is 0.378 e. The quantitative estimate of drug-likeness (QED) is 0.708. The molecule has 5 nitrogen and oxygen atoms in total. The number of amides is 1. The first kappa shape index (κ1) is 19.4. The van der Waals surface area contributed by atoms with Crippen LogP contribution >= 0.6 is 23.7 Å². The van der Waals surface area contributed by atoms with Crippen LogP contribution < -0.4 is 11.1 Å². The molecule has 3 N–H and O–H groups in total.